The summed E-state index contributed by atoms with van der Waals surface area (Å²) in [5.74, 6) is 0. The van der Waals surface area contributed by atoms with Crippen molar-refractivity contribution in [3.8, 4) is 0 Å². The van der Waals surface area contributed by atoms with Gasteiger partial charge in [0.1, 0.15) is 6.26 Å². The normalized spacial score (nSPS) is 12.8. The Labute approximate surface area is 82.7 Å². The highest BCUT2D eigenvalue weighted by Gasteiger charge is 1.93. The zero-order valence-corrected chi connectivity index (χ0v) is 7.95. The molecule has 0 atom stereocenters. The first kappa shape index (κ1) is 10.2. The van der Waals surface area contributed by atoms with Crippen LogP contribution in [-0.4, -0.2) is 28.1 Å². The van der Waals surface area contributed by atoms with Crippen LogP contribution in [0, 0.1) is 0 Å². The highest BCUT2D eigenvalue weighted by Crippen LogP contribution is 1.94. The van der Waals surface area contributed by atoms with Gasteiger partial charge in [0.05, 0.1) is 12.8 Å². The first-order valence-corrected chi connectivity index (χ1v) is 4.28. The van der Waals surface area contributed by atoms with Gasteiger partial charge in [-0.25, -0.2) is 0 Å². The second kappa shape index (κ2) is 6.59. The van der Waals surface area contributed by atoms with E-state index in [1.807, 2.05) is 19.1 Å². The Hall–Kier alpha value is -1.91. The molecule has 0 unspecified atom stereocenters. The molecule has 14 heavy (non-hydrogen) atoms. The number of hydrogen-bond donors (Lipinski definition) is 0. The molecule has 1 aromatic heterocycles. The van der Waals surface area contributed by atoms with E-state index in [4.69, 9.17) is 4.84 Å². The maximum absolute atomic E-state index is 4.88. The molecule has 0 radical (unpaired) electrons. The van der Waals surface area contributed by atoms with Gasteiger partial charge >= 0.3 is 0 Å². The zero-order chi connectivity index (χ0) is 10.1. The number of allylic oxidation sites excluding steroid dienone is 1. The largest absolute Gasteiger partial charge is 0.370 e. The van der Waals surface area contributed by atoms with Gasteiger partial charge in [-0.1, -0.05) is 0 Å². The van der Waals surface area contributed by atoms with Gasteiger partial charge in [-0.2, -0.15) is 15.3 Å². The maximum Gasteiger partial charge on any atom is 0.123 e. The van der Waals surface area contributed by atoms with Gasteiger partial charge in [0.15, 0.2) is 0 Å². The number of hydroxylamine groups is 1. The van der Waals surface area contributed by atoms with Gasteiger partial charge in [0.25, 0.3) is 0 Å². The molecule has 0 aromatic carbocycles. The van der Waals surface area contributed by atoms with Crippen molar-refractivity contribution in [3.05, 3.63) is 36.9 Å². The minimum atomic E-state index is 0.779. The highest BCUT2D eigenvalue weighted by molar-refractivity contribution is 5.70. The van der Waals surface area contributed by atoms with Crippen LogP contribution in [0.25, 0.3) is 0 Å². The van der Waals surface area contributed by atoms with Crippen LogP contribution in [0.15, 0.2) is 42.0 Å². The molecule has 2 heterocycles. The Kier molecular flexibility index (Phi) is 4.79. The Morgan fingerprint density at radius 2 is 1.93 bits per heavy atom. The average molecular weight is 192 g/mol. The topological polar surface area (TPSA) is 50.6 Å². The van der Waals surface area contributed by atoms with Crippen molar-refractivity contribution in [2.75, 3.05) is 6.54 Å². The van der Waals surface area contributed by atoms with Crippen molar-refractivity contribution in [3.63, 3.8) is 0 Å². The van der Waals surface area contributed by atoms with Gasteiger partial charge in [0, 0.05) is 12.4 Å². The molecule has 1 aromatic rings. The molecule has 1 aliphatic rings. The fourth-order valence-electron chi connectivity index (χ4n) is 0.690. The number of hydrazone groups is 1. The van der Waals surface area contributed by atoms with Gasteiger partial charge in [0.2, 0.25) is 0 Å². The van der Waals surface area contributed by atoms with Crippen molar-refractivity contribution in [2.24, 2.45) is 5.10 Å². The molecule has 0 aliphatic carbocycles. The van der Waals surface area contributed by atoms with E-state index in [0.717, 1.165) is 6.54 Å². The molecule has 1 aliphatic heterocycles. The first-order chi connectivity index (χ1) is 6.93. The van der Waals surface area contributed by atoms with E-state index >= 15 is 0 Å². The van der Waals surface area contributed by atoms with Crippen molar-refractivity contribution < 1.29 is 4.84 Å². The van der Waals surface area contributed by atoms with Crippen LogP contribution in [0.5, 0.6) is 0 Å². The summed E-state index contributed by atoms with van der Waals surface area (Å²) in [6.07, 6.45) is 8.30. The molecule has 0 N–H and O–H groups in total. The Morgan fingerprint density at radius 1 is 1.21 bits per heavy atom. The summed E-state index contributed by atoms with van der Waals surface area (Å²) in [7, 11) is 0. The van der Waals surface area contributed by atoms with Gasteiger partial charge in [-0.3, -0.25) is 0 Å². The molecule has 0 saturated carbocycles. The van der Waals surface area contributed by atoms with E-state index < -0.39 is 0 Å². The van der Waals surface area contributed by atoms with Crippen molar-refractivity contribution in [1.29, 1.82) is 0 Å². The Bertz CT molecular complexity index is 259. The summed E-state index contributed by atoms with van der Waals surface area (Å²) in [4.78, 5) is 4.88. The van der Waals surface area contributed by atoms with Gasteiger partial charge in [-0.15, -0.1) is 5.17 Å². The van der Waals surface area contributed by atoms with Crippen molar-refractivity contribution >= 4 is 6.21 Å². The monoisotopic (exact) mass is 192 g/mol. The SMILES string of the molecule is CCN1N=CC=CO1.c1ccnnc1. The highest BCUT2D eigenvalue weighted by atomic mass is 16.7. The molecule has 0 bridgehead atoms. The molecule has 0 fully saturated rings. The number of rotatable bonds is 1. The summed E-state index contributed by atoms with van der Waals surface area (Å²) in [6.45, 7) is 2.75. The minimum absolute atomic E-state index is 0.779. The molecule has 0 amide bonds. The third-order valence-corrected chi connectivity index (χ3v) is 1.30. The summed E-state index contributed by atoms with van der Waals surface area (Å²) in [5, 5.41) is 12.4. The summed E-state index contributed by atoms with van der Waals surface area (Å²) in [5.41, 5.74) is 0. The second-order valence-corrected chi connectivity index (χ2v) is 2.28. The third kappa shape index (κ3) is 4.20. The smallest absolute Gasteiger partial charge is 0.123 e. The Morgan fingerprint density at radius 3 is 2.21 bits per heavy atom. The van der Waals surface area contributed by atoms with Crippen LogP contribution in [-0.2, 0) is 4.84 Å². The van der Waals surface area contributed by atoms with E-state index in [0.29, 0.717) is 0 Å². The summed E-state index contributed by atoms with van der Waals surface area (Å²) < 4.78 is 0. The van der Waals surface area contributed by atoms with Crippen LogP contribution in [0.4, 0.5) is 0 Å². The lowest BCUT2D eigenvalue weighted by atomic mass is 10.6. The summed E-state index contributed by atoms with van der Waals surface area (Å²) in [6, 6.07) is 3.65. The average Bonchev–Trinajstić information content (AvgIpc) is 2.33. The predicted octanol–water partition coefficient (Wildman–Crippen LogP) is 1.23. The fourth-order valence-corrected chi connectivity index (χ4v) is 0.690. The van der Waals surface area contributed by atoms with Crippen LogP contribution in [0.1, 0.15) is 6.92 Å². The molecule has 2 rings (SSSR count). The van der Waals surface area contributed by atoms with Crippen LogP contribution >= 0.6 is 0 Å². The maximum atomic E-state index is 4.88. The van der Waals surface area contributed by atoms with E-state index in [1.165, 1.54) is 5.17 Å². The van der Waals surface area contributed by atoms with E-state index in [1.54, 1.807) is 30.9 Å². The lowest BCUT2D eigenvalue weighted by molar-refractivity contribution is -0.0997. The molecule has 5 nitrogen and oxygen atoms in total. The van der Waals surface area contributed by atoms with Crippen LogP contribution in [0.2, 0.25) is 0 Å². The molecular weight excluding hydrogens is 180 g/mol. The van der Waals surface area contributed by atoms with Crippen LogP contribution < -0.4 is 0 Å². The summed E-state index contributed by atoms with van der Waals surface area (Å²) >= 11 is 0. The molecular formula is C9H12N4O. The number of hydrogen-bond acceptors (Lipinski definition) is 5. The third-order valence-electron chi connectivity index (χ3n) is 1.30. The lowest BCUT2D eigenvalue weighted by Gasteiger charge is -2.14. The molecule has 0 spiro atoms. The molecule has 0 saturated heterocycles. The van der Waals surface area contributed by atoms with Crippen molar-refractivity contribution in [1.82, 2.24) is 15.4 Å². The lowest BCUT2D eigenvalue weighted by Crippen LogP contribution is -2.16. The standard InChI is InChI=1S/C5H8N2O.C4H4N2/c1-2-7-6-4-3-5-8-7;1-2-4-6-5-3-1/h3-5H,2H2,1H3;1-4H. The predicted molar refractivity (Wildman–Crippen MR) is 53.1 cm³/mol. The van der Waals surface area contributed by atoms with E-state index in [-0.39, 0.29) is 0 Å². The molecule has 74 valence electrons. The van der Waals surface area contributed by atoms with E-state index in [2.05, 4.69) is 15.3 Å². The first-order valence-electron chi connectivity index (χ1n) is 4.28. The molecule has 5 heteroatoms. The zero-order valence-electron chi connectivity index (χ0n) is 7.95. The quantitative estimate of drug-likeness (QED) is 0.671. The minimum Gasteiger partial charge on any atom is -0.370 e. The number of nitrogens with zero attached hydrogens (tertiary/aromatic N) is 4. The number of aromatic nitrogens is 2. The fraction of sp³-hybridized carbons (Fsp3) is 0.222. The van der Waals surface area contributed by atoms with Gasteiger partial charge in [-0.05, 0) is 25.1 Å². The van der Waals surface area contributed by atoms with E-state index in [9.17, 15) is 0 Å². The van der Waals surface area contributed by atoms with Crippen molar-refractivity contribution in [2.45, 2.75) is 6.92 Å². The van der Waals surface area contributed by atoms with Crippen LogP contribution in [0.3, 0.4) is 0 Å². The Balaban J connectivity index is 0.000000146. The van der Waals surface area contributed by atoms with Gasteiger partial charge < -0.3 is 4.84 Å². The second-order valence-electron chi connectivity index (χ2n) is 2.28.